The number of nitrogens with one attached hydrogen (secondary N) is 2. The van der Waals surface area contributed by atoms with Gasteiger partial charge in [0.05, 0.1) is 10.5 Å². The van der Waals surface area contributed by atoms with Gasteiger partial charge >= 0.3 is 0 Å². The SMILES string of the molecule is Cc1ccc2[nH]c(=O)c(CNS(=O)(=O)c3ccccc3C#N)cc2c1. The van der Waals surface area contributed by atoms with Crippen LogP contribution in [0.4, 0.5) is 0 Å². The molecule has 126 valence electrons. The van der Waals surface area contributed by atoms with Crippen LogP contribution >= 0.6 is 0 Å². The molecule has 7 heteroatoms. The monoisotopic (exact) mass is 353 g/mol. The minimum absolute atomic E-state index is 0.0537. The molecule has 0 aliphatic carbocycles. The highest BCUT2D eigenvalue weighted by Gasteiger charge is 2.18. The van der Waals surface area contributed by atoms with E-state index in [0.29, 0.717) is 11.1 Å². The number of H-pyrrole nitrogens is 1. The number of aryl methyl sites for hydroxylation is 1. The standard InChI is InChI=1S/C18H15N3O3S/c1-12-6-7-16-14(8-12)9-15(18(22)21-16)11-20-25(23,24)17-5-3-2-4-13(17)10-19/h2-9,20H,11H2,1H3,(H,21,22). The minimum atomic E-state index is -3.90. The van der Waals surface area contributed by atoms with Gasteiger partial charge in [0.15, 0.2) is 0 Å². The zero-order valence-electron chi connectivity index (χ0n) is 13.4. The topological polar surface area (TPSA) is 103 Å². The molecule has 6 nitrogen and oxygen atoms in total. The number of benzene rings is 2. The normalized spacial score (nSPS) is 11.4. The van der Waals surface area contributed by atoms with E-state index < -0.39 is 10.0 Å². The molecule has 0 radical (unpaired) electrons. The first kappa shape index (κ1) is 16.9. The van der Waals surface area contributed by atoms with Crippen molar-refractivity contribution in [2.75, 3.05) is 0 Å². The molecule has 0 aliphatic heterocycles. The molecular weight excluding hydrogens is 338 g/mol. The van der Waals surface area contributed by atoms with Crippen LogP contribution in [0.2, 0.25) is 0 Å². The van der Waals surface area contributed by atoms with Crippen LogP contribution in [0.25, 0.3) is 10.9 Å². The molecule has 3 aromatic rings. The number of nitriles is 1. The van der Waals surface area contributed by atoms with E-state index in [9.17, 15) is 13.2 Å². The summed E-state index contributed by atoms with van der Waals surface area (Å²) in [4.78, 5) is 14.8. The fraction of sp³-hybridized carbons (Fsp3) is 0.111. The van der Waals surface area contributed by atoms with Crippen LogP contribution in [0.15, 0.2) is 58.2 Å². The number of rotatable bonds is 4. The number of pyridine rings is 1. The number of aromatic amines is 1. The Kier molecular flexibility index (Phi) is 4.40. The lowest BCUT2D eigenvalue weighted by Crippen LogP contribution is -2.27. The Morgan fingerprint density at radius 1 is 1.16 bits per heavy atom. The Morgan fingerprint density at radius 3 is 2.68 bits per heavy atom. The Labute approximate surface area is 144 Å². The van der Waals surface area contributed by atoms with Gasteiger partial charge in [0.1, 0.15) is 6.07 Å². The number of nitrogens with zero attached hydrogens (tertiary/aromatic N) is 1. The van der Waals surface area contributed by atoms with E-state index in [1.54, 1.807) is 18.2 Å². The van der Waals surface area contributed by atoms with Crippen molar-refractivity contribution in [1.82, 2.24) is 9.71 Å². The fourth-order valence-corrected chi connectivity index (χ4v) is 3.71. The molecule has 1 aromatic heterocycles. The average Bonchev–Trinajstić information content (AvgIpc) is 2.60. The number of sulfonamides is 1. The first-order valence-electron chi connectivity index (χ1n) is 7.52. The maximum absolute atomic E-state index is 12.4. The van der Waals surface area contributed by atoms with E-state index in [2.05, 4.69) is 9.71 Å². The zero-order valence-corrected chi connectivity index (χ0v) is 14.2. The van der Waals surface area contributed by atoms with Crippen LogP contribution in [0.1, 0.15) is 16.7 Å². The smallest absolute Gasteiger partial charge is 0.252 e. The molecule has 2 N–H and O–H groups in total. The highest BCUT2D eigenvalue weighted by molar-refractivity contribution is 7.89. The van der Waals surface area contributed by atoms with Crippen molar-refractivity contribution < 1.29 is 8.42 Å². The average molecular weight is 353 g/mol. The lowest BCUT2D eigenvalue weighted by Gasteiger charge is -2.08. The highest BCUT2D eigenvalue weighted by atomic mass is 32.2. The Bertz CT molecular complexity index is 1160. The first-order chi connectivity index (χ1) is 11.9. The summed E-state index contributed by atoms with van der Waals surface area (Å²) < 4.78 is 27.3. The summed E-state index contributed by atoms with van der Waals surface area (Å²) in [5.41, 5.74) is 1.73. The Hall–Kier alpha value is -2.95. The fourth-order valence-electron chi connectivity index (χ4n) is 2.55. The summed E-state index contributed by atoms with van der Waals surface area (Å²) in [7, 11) is -3.90. The third-order valence-corrected chi connectivity index (χ3v) is 5.29. The maximum atomic E-state index is 12.4. The van der Waals surface area contributed by atoms with Crippen LogP contribution in [0, 0.1) is 18.3 Å². The van der Waals surface area contributed by atoms with E-state index in [1.165, 1.54) is 12.1 Å². The molecule has 0 amide bonds. The molecule has 2 aromatic carbocycles. The van der Waals surface area contributed by atoms with Gasteiger partial charge in [-0.15, -0.1) is 0 Å². The first-order valence-corrected chi connectivity index (χ1v) is 9.00. The number of hydrogen-bond donors (Lipinski definition) is 2. The molecule has 0 spiro atoms. The molecule has 0 bridgehead atoms. The van der Waals surface area contributed by atoms with Crippen molar-refractivity contribution in [2.45, 2.75) is 18.4 Å². The van der Waals surface area contributed by atoms with Gasteiger partial charge in [-0.2, -0.15) is 5.26 Å². The number of hydrogen-bond acceptors (Lipinski definition) is 4. The van der Waals surface area contributed by atoms with E-state index in [4.69, 9.17) is 5.26 Å². The van der Waals surface area contributed by atoms with Crippen molar-refractivity contribution in [3.05, 3.63) is 75.6 Å². The van der Waals surface area contributed by atoms with Crippen molar-refractivity contribution in [1.29, 1.82) is 5.26 Å². The van der Waals surface area contributed by atoms with Gasteiger partial charge in [-0.3, -0.25) is 4.79 Å². The summed E-state index contributed by atoms with van der Waals surface area (Å²) in [6, 6.07) is 15.0. The summed E-state index contributed by atoms with van der Waals surface area (Å²) in [5.74, 6) is 0. The van der Waals surface area contributed by atoms with E-state index in [1.807, 2.05) is 31.2 Å². The highest BCUT2D eigenvalue weighted by Crippen LogP contribution is 2.16. The molecule has 0 fully saturated rings. The molecule has 0 aliphatic rings. The molecule has 0 saturated carbocycles. The lowest BCUT2D eigenvalue weighted by atomic mass is 10.1. The second kappa shape index (κ2) is 6.51. The summed E-state index contributed by atoms with van der Waals surface area (Å²) >= 11 is 0. The van der Waals surface area contributed by atoms with Gasteiger partial charge in [0.25, 0.3) is 5.56 Å². The number of aromatic nitrogens is 1. The molecule has 0 atom stereocenters. The molecule has 0 unspecified atom stereocenters. The van der Waals surface area contributed by atoms with Crippen LogP contribution in [0.5, 0.6) is 0 Å². The Balaban J connectivity index is 1.93. The van der Waals surface area contributed by atoms with Crippen molar-refractivity contribution >= 4 is 20.9 Å². The van der Waals surface area contributed by atoms with Gasteiger partial charge in [-0.05, 0) is 42.6 Å². The van der Waals surface area contributed by atoms with Gasteiger partial charge in [0.2, 0.25) is 10.0 Å². The summed E-state index contributed by atoms with van der Waals surface area (Å²) in [5, 5.41) is 9.88. The van der Waals surface area contributed by atoms with Crippen LogP contribution in [-0.4, -0.2) is 13.4 Å². The number of fused-ring (bicyclic) bond motifs is 1. The Morgan fingerprint density at radius 2 is 1.92 bits per heavy atom. The lowest BCUT2D eigenvalue weighted by molar-refractivity contribution is 0.581. The van der Waals surface area contributed by atoms with Crippen LogP contribution < -0.4 is 10.3 Å². The van der Waals surface area contributed by atoms with Crippen molar-refractivity contribution in [2.24, 2.45) is 0 Å². The zero-order chi connectivity index (χ0) is 18.0. The minimum Gasteiger partial charge on any atom is -0.322 e. The van der Waals surface area contributed by atoms with Crippen LogP contribution in [0.3, 0.4) is 0 Å². The van der Waals surface area contributed by atoms with E-state index in [0.717, 1.165) is 10.9 Å². The predicted molar refractivity (Wildman–Crippen MR) is 94.5 cm³/mol. The van der Waals surface area contributed by atoms with E-state index >= 15 is 0 Å². The maximum Gasteiger partial charge on any atom is 0.252 e. The van der Waals surface area contributed by atoms with Gasteiger partial charge in [-0.1, -0.05) is 23.8 Å². The third kappa shape index (κ3) is 3.45. The molecule has 1 heterocycles. The van der Waals surface area contributed by atoms with Gasteiger partial charge in [-0.25, -0.2) is 13.1 Å². The third-order valence-electron chi connectivity index (χ3n) is 3.83. The largest absolute Gasteiger partial charge is 0.322 e. The van der Waals surface area contributed by atoms with Gasteiger partial charge < -0.3 is 4.98 Å². The van der Waals surface area contributed by atoms with E-state index in [-0.39, 0.29) is 22.6 Å². The molecule has 25 heavy (non-hydrogen) atoms. The van der Waals surface area contributed by atoms with Gasteiger partial charge in [0, 0.05) is 17.6 Å². The summed E-state index contributed by atoms with van der Waals surface area (Å²) in [6.07, 6.45) is 0. The second-order valence-corrected chi connectivity index (χ2v) is 7.38. The second-order valence-electron chi connectivity index (χ2n) is 5.65. The van der Waals surface area contributed by atoms with Crippen LogP contribution in [-0.2, 0) is 16.6 Å². The molecule has 0 saturated heterocycles. The van der Waals surface area contributed by atoms with Crippen molar-refractivity contribution in [3.8, 4) is 6.07 Å². The predicted octanol–water partition coefficient (Wildman–Crippen LogP) is 2.19. The molecular formula is C18H15N3O3S. The molecule has 3 rings (SSSR count). The van der Waals surface area contributed by atoms with Crippen molar-refractivity contribution in [3.63, 3.8) is 0 Å². The summed E-state index contributed by atoms with van der Waals surface area (Å²) in [6.45, 7) is 1.77. The quantitative estimate of drug-likeness (QED) is 0.750.